The number of benzene rings is 2. The fraction of sp³-hybridized carbons (Fsp3) is 0.457. The molecule has 0 radical (unpaired) electrons. The molecule has 16 bridgehead atoms. The average Bonchev–Trinajstić information content (AvgIpc) is 1.40. The maximum Gasteiger partial charge on any atom is 0.270 e. The van der Waals surface area contributed by atoms with Gasteiger partial charge < -0.3 is 52.3 Å². The molecule has 12 heterocycles. The molecule has 0 unspecified atom stereocenters. The number of amides is 8. The maximum absolute atomic E-state index is 13.6. The van der Waals surface area contributed by atoms with E-state index in [1.807, 2.05) is 48.5 Å². The fourth-order valence-electron chi connectivity index (χ4n) is 12.1. The van der Waals surface area contributed by atoms with E-state index in [0.29, 0.717) is 82.4 Å². The Labute approximate surface area is 547 Å². The van der Waals surface area contributed by atoms with Gasteiger partial charge in [-0.05, 0) is 172 Å². The highest BCUT2D eigenvalue weighted by molar-refractivity contribution is 7.16. The molecule has 2 saturated carbocycles. The lowest BCUT2D eigenvalue weighted by Gasteiger charge is -2.29. The predicted molar refractivity (Wildman–Crippen MR) is 360 cm³/mol. The van der Waals surface area contributed by atoms with Crippen molar-refractivity contribution in [2.75, 3.05) is 62.2 Å². The summed E-state index contributed by atoms with van der Waals surface area (Å²) in [5.41, 5.74) is 6.07. The number of nitrogens with zero attached hydrogens (tertiary/aromatic N) is 4. The molecule has 8 aliphatic heterocycles. The monoisotopic (exact) mass is 1290 g/mol. The van der Waals surface area contributed by atoms with Crippen LogP contribution in [0.25, 0.3) is 0 Å². The Bertz CT molecular complexity index is 3280. The first-order chi connectivity index (χ1) is 44.6. The van der Waals surface area contributed by atoms with Gasteiger partial charge in [-0.2, -0.15) is 0 Å². The van der Waals surface area contributed by atoms with Gasteiger partial charge >= 0.3 is 0 Å². The van der Waals surface area contributed by atoms with E-state index in [-0.39, 0.29) is 83.1 Å². The van der Waals surface area contributed by atoms with Gasteiger partial charge in [0.2, 0.25) is 0 Å². The van der Waals surface area contributed by atoms with Crippen LogP contribution < -0.4 is 52.3 Å². The van der Waals surface area contributed by atoms with Crippen molar-refractivity contribution >= 4 is 81.3 Å². The minimum Gasteiger partial charge on any atom is -0.371 e. The first-order valence-corrected chi connectivity index (χ1v) is 34.4. The van der Waals surface area contributed by atoms with Crippen LogP contribution in [0.15, 0.2) is 97.1 Å². The van der Waals surface area contributed by atoms with Gasteiger partial charge in [-0.3, -0.25) is 38.4 Å². The Morgan fingerprint density at radius 1 is 0.326 bits per heavy atom. The number of carbonyl (C=O) groups excluding carboxylic acids is 8. The highest BCUT2D eigenvalue weighted by atomic mass is 32.1. The molecular weight excluding hydrogens is 1200 g/mol. The molecule has 6 aromatic rings. The van der Waals surface area contributed by atoms with Crippen LogP contribution in [0.4, 0.5) is 11.4 Å². The standard InChI is InChI=1S/C42H58N8O4.C28H30N4O4S2/c1-5-17-49(18-6-2)33-21-35-39(51)43-25-29-9-13-31(14-10-29)27-45-41(53)37-23-34(50(19-7-3)20-8-4)24-38(48-37)42(54)46-28-32-15-11-30(12-16-32)26-44-40(52)36(22-33)47-35;33-25-21-9-10-23(37-21)27(35)31-15-19-5-7-20(8-6-19)16-32-28(36)24-12-11-22(38-24)26(34)30-14-18-2-1-17(3-4-18)13-29-25/h9-10,13-14,21-24,30,32H,5-8,11-12,15-20,25-28H2,1-4H3,(H,43,51)(H,44,52)(H,45,53)(H,46,54);1-4,9-12,19-20H,5-8,13-16H2,(H,29,33)(H,30,34)(H,31,35)(H,32,36). The van der Waals surface area contributed by atoms with Crippen molar-refractivity contribution in [2.24, 2.45) is 23.7 Å². The van der Waals surface area contributed by atoms with Crippen LogP contribution in [-0.2, 0) is 26.2 Å². The number of carbonyl (C=O) groups is 8. The Morgan fingerprint density at radius 2 is 0.543 bits per heavy atom. The van der Waals surface area contributed by atoms with Crippen molar-refractivity contribution in [3.8, 4) is 0 Å². The number of aromatic nitrogens is 2. The number of pyridine rings is 2. The van der Waals surface area contributed by atoms with Crippen molar-refractivity contribution in [2.45, 2.75) is 131 Å². The highest BCUT2D eigenvalue weighted by Gasteiger charge is 2.27. The molecule has 8 amide bonds. The predicted octanol–water partition coefficient (Wildman–Crippen LogP) is 9.82. The zero-order chi connectivity index (χ0) is 64.9. The van der Waals surface area contributed by atoms with E-state index in [1.165, 1.54) is 22.7 Å². The normalized spacial score (nSPS) is 19.6. The second-order valence-electron chi connectivity index (χ2n) is 24.5. The number of anilines is 2. The van der Waals surface area contributed by atoms with Crippen LogP contribution in [0.5, 0.6) is 0 Å². The van der Waals surface area contributed by atoms with E-state index in [4.69, 9.17) is 0 Å². The molecule has 2 aliphatic carbocycles. The number of hydrogen-bond acceptors (Lipinski definition) is 14. The lowest BCUT2D eigenvalue weighted by atomic mass is 9.82. The summed E-state index contributed by atoms with van der Waals surface area (Å²) in [4.78, 5) is 120. The molecular formula is C70H88N12O8S2. The second kappa shape index (κ2) is 33.7. The third-order valence-corrected chi connectivity index (χ3v) is 19.5. The van der Waals surface area contributed by atoms with Crippen LogP contribution in [0.1, 0.15) is 208 Å². The van der Waals surface area contributed by atoms with Crippen molar-refractivity contribution < 1.29 is 38.4 Å². The van der Waals surface area contributed by atoms with Gasteiger partial charge in [-0.15, -0.1) is 22.7 Å². The van der Waals surface area contributed by atoms with Crippen molar-refractivity contribution in [1.29, 1.82) is 0 Å². The van der Waals surface area contributed by atoms with Crippen LogP contribution in [0.3, 0.4) is 0 Å². The summed E-state index contributed by atoms with van der Waals surface area (Å²) in [6, 6.07) is 29.1. The molecule has 92 heavy (non-hydrogen) atoms. The topological polar surface area (TPSA) is 265 Å². The van der Waals surface area contributed by atoms with E-state index in [0.717, 1.165) is 137 Å². The molecule has 2 fully saturated rings. The summed E-state index contributed by atoms with van der Waals surface area (Å²) in [6.45, 7) is 15.1. The molecule has 0 saturated heterocycles. The lowest BCUT2D eigenvalue weighted by molar-refractivity contribution is 0.0912. The van der Waals surface area contributed by atoms with Crippen LogP contribution >= 0.6 is 22.7 Å². The second-order valence-corrected chi connectivity index (χ2v) is 26.6. The fourth-order valence-corrected chi connectivity index (χ4v) is 13.7. The van der Waals surface area contributed by atoms with E-state index < -0.39 is 0 Å². The van der Waals surface area contributed by atoms with Gasteiger partial charge in [0.25, 0.3) is 47.3 Å². The van der Waals surface area contributed by atoms with E-state index >= 15 is 0 Å². The number of thiophene rings is 2. The van der Waals surface area contributed by atoms with Crippen molar-refractivity contribution in [1.82, 2.24) is 52.5 Å². The van der Waals surface area contributed by atoms with Crippen LogP contribution in [-0.4, -0.2) is 110 Å². The Morgan fingerprint density at radius 3 is 0.793 bits per heavy atom. The summed E-state index contributed by atoms with van der Waals surface area (Å²) in [5, 5.41) is 24.0. The zero-order valence-electron chi connectivity index (χ0n) is 53.4. The van der Waals surface area contributed by atoms with Gasteiger partial charge in [0.15, 0.2) is 0 Å². The zero-order valence-corrected chi connectivity index (χ0v) is 55.0. The summed E-state index contributed by atoms with van der Waals surface area (Å²) in [6.07, 6.45) is 11.4. The van der Waals surface area contributed by atoms with Crippen molar-refractivity contribution in [3.05, 3.63) is 162 Å². The molecule has 2 aromatic carbocycles. The molecule has 10 aliphatic rings. The smallest absolute Gasteiger partial charge is 0.270 e. The Hall–Kier alpha value is -8.50. The third-order valence-electron chi connectivity index (χ3n) is 17.4. The molecule has 16 rings (SSSR count). The Kier molecular flexibility index (Phi) is 24.9. The van der Waals surface area contributed by atoms with Gasteiger partial charge in [-0.1, -0.05) is 76.2 Å². The molecule has 22 heteroatoms. The highest BCUT2D eigenvalue weighted by Crippen LogP contribution is 2.31. The third kappa shape index (κ3) is 19.3. The first kappa shape index (κ1) is 67.9. The minimum atomic E-state index is -0.354. The lowest BCUT2D eigenvalue weighted by Crippen LogP contribution is -2.36. The van der Waals surface area contributed by atoms with E-state index in [1.54, 1.807) is 48.5 Å². The van der Waals surface area contributed by atoms with Gasteiger partial charge in [0.1, 0.15) is 22.8 Å². The van der Waals surface area contributed by atoms with Crippen molar-refractivity contribution in [3.63, 3.8) is 0 Å². The summed E-state index contributed by atoms with van der Waals surface area (Å²) in [7, 11) is 0. The molecule has 20 nitrogen and oxygen atoms in total. The van der Waals surface area contributed by atoms with Crippen LogP contribution in [0, 0.1) is 23.7 Å². The molecule has 8 N–H and O–H groups in total. The molecule has 0 atom stereocenters. The summed E-state index contributed by atoms with van der Waals surface area (Å²) in [5.74, 6) is -0.613. The summed E-state index contributed by atoms with van der Waals surface area (Å²) < 4.78 is 0. The minimum absolute atomic E-state index is 0.150. The molecule has 488 valence electrons. The first-order valence-electron chi connectivity index (χ1n) is 32.8. The largest absolute Gasteiger partial charge is 0.371 e. The van der Waals surface area contributed by atoms with E-state index in [2.05, 4.69) is 90.0 Å². The number of hydrogen-bond donors (Lipinski definition) is 8. The van der Waals surface area contributed by atoms with Crippen LogP contribution in [0.2, 0.25) is 0 Å². The Balaban J connectivity index is 0.000000230. The van der Waals surface area contributed by atoms with Gasteiger partial charge in [-0.25, -0.2) is 9.97 Å². The maximum atomic E-state index is 13.6. The number of rotatable bonds is 10. The van der Waals surface area contributed by atoms with Gasteiger partial charge in [0.05, 0.1) is 19.5 Å². The SMILES string of the molecule is CCCN(CCC)c1cc2nc(c1)C(=O)NCC1CCC(CC1)CNC(=O)c1cc(N(CCC)CCC)cc(n1)C(=O)NCc1ccc(cc1)CNC2=O.O=C1NCc2ccc(cc2)CNC(=O)c2ccc(s2)C(=O)NCC2CCC(CC2)CNC(=O)c2ccc1s2. The molecule has 0 spiro atoms. The summed E-state index contributed by atoms with van der Waals surface area (Å²) >= 11 is 2.38. The quantitative estimate of drug-likeness (QED) is 0.0637. The molecule has 4 aromatic heterocycles. The van der Waals surface area contributed by atoms with E-state index in [9.17, 15) is 38.4 Å². The average molecular weight is 1290 g/mol. The van der Waals surface area contributed by atoms with Gasteiger partial charge in [0, 0.05) is 89.9 Å². The number of nitrogens with one attached hydrogen (secondary N) is 8.